The summed E-state index contributed by atoms with van der Waals surface area (Å²) in [4.78, 5) is 15.9. The minimum atomic E-state index is -1.52. The summed E-state index contributed by atoms with van der Waals surface area (Å²) in [5.74, 6) is -1.02. The number of nitrogens with zero attached hydrogens (tertiary/aromatic N) is 1. The molecule has 0 aliphatic carbocycles. The van der Waals surface area contributed by atoms with Crippen molar-refractivity contribution in [3.05, 3.63) is 28.2 Å². The predicted molar refractivity (Wildman–Crippen MR) is 101 cm³/mol. The second-order valence-corrected chi connectivity index (χ2v) is 10.4. The van der Waals surface area contributed by atoms with Gasteiger partial charge in [0.2, 0.25) is 5.95 Å². The first-order chi connectivity index (χ1) is 11.3. The monoisotopic (exact) mass is 436 g/mol. The fourth-order valence-electron chi connectivity index (χ4n) is 1.95. The Balaban J connectivity index is 3.17. The highest BCUT2D eigenvalue weighted by atomic mass is 79.9. The highest BCUT2D eigenvalue weighted by Crippen LogP contribution is 2.31. The van der Waals surface area contributed by atoms with Gasteiger partial charge in [-0.05, 0) is 55.6 Å². The van der Waals surface area contributed by atoms with Gasteiger partial charge in [0.25, 0.3) is 0 Å². The zero-order chi connectivity index (χ0) is 19.4. The first-order valence-corrected chi connectivity index (χ1v) is 9.96. The molecule has 0 fully saturated rings. The Labute approximate surface area is 160 Å². The molecule has 0 bridgehead atoms. The van der Waals surface area contributed by atoms with E-state index in [-0.39, 0.29) is 24.5 Å². The molecule has 0 spiro atoms. The summed E-state index contributed by atoms with van der Waals surface area (Å²) in [6.07, 6.45) is 1.16. The Morgan fingerprint density at radius 2 is 2.04 bits per heavy atom. The van der Waals surface area contributed by atoms with Crippen molar-refractivity contribution in [1.82, 2.24) is 9.71 Å². The molecule has 2 atom stereocenters. The fourth-order valence-corrected chi connectivity index (χ4v) is 3.18. The number of halogens is 2. The van der Waals surface area contributed by atoms with Gasteiger partial charge in [-0.25, -0.2) is 4.98 Å². The molecule has 1 aromatic heterocycles. The van der Waals surface area contributed by atoms with Crippen LogP contribution in [-0.4, -0.2) is 26.9 Å². The standard InChI is InChI=1S/C17H26BrFN2O3S/c1-11(2)10-24-14(22)8-17(6,21-25(23)16(3,4)5)13-7-12(18)9-20-15(13)19/h7,9,11,21H,8,10H2,1-6H3/t17-,25?/m0/s1. The van der Waals surface area contributed by atoms with Gasteiger partial charge in [0, 0.05) is 27.6 Å². The van der Waals surface area contributed by atoms with Crippen LogP contribution in [0.1, 0.15) is 53.5 Å². The van der Waals surface area contributed by atoms with Crippen LogP contribution >= 0.6 is 15.9 Å². The van der Waals surface area contributed by atoms with Crippen molar-refractivity contribution in [2.75, 3.05) is 6.61 Å². The number of pyridine rings is 1. The normalized spacial score (nSPS) is 15.8. The largest absolute Gasteiger partial charge is 0.598 e. The number of esters is 1. The summed E-state index contributed by atoms with van der Waals surface area (Å²) in [5.41, 5.74) is -1.08. The summed E-state index contributed by atoms with van der Waals surface area (Å²) >= 11 is 1.74. The van der Waals surface area contributed by atoms with Crippen LogP contribution in [0.3, 0.4) is 0 Å². The average molecular weight is 437 g/mol. The third-order valence-corrected chi connectivity index (χ3v) is 5.53. The summed E-state index contributed by atoms with van der Waals surface area (Å²) < 4.78 is 35.1. The lowest BCUT2D eigenvalue weighted by Crippen LogP contribution is -2.51. The molecule has 25 heavy (non-hydrogen) atoms. The van der Waals surface area contributed by atoms with Crippen LogP contribution in [0.15, 0.2) is 16.7 Å². The summed E-state index contributed by atoms with van der Waals surface area (Å²) in [5, 5.41) is 0. The molecular formula is C17H26BrFN2O3S. The summed E-state index contributed by atoms with van der Waals surface area (Å²) in [6.45, 7) is 11.1. The van der Waals surface area contributed by atoms with Crippen molar-refractivity contribution in [1.29, 1.82) is 0 Å². The first kappa shape index (κ1) is 22.3. The number of aromatic nitrogens is 1. The number of ether oxygens (including phenoxy) is 1. The van der Waals surface area contributed by atoms with E-state index in [2.05, 4.69) is 25.6 Å². The average Bonchev–Trinajstić information content (AvgIpc) is 2.46. The van der Waals surface area contributed by atoms with Crippen LogP contribution in [0.5, 0.6) is 0 Å². The van der Waals surface area contributed by atoms with E-state index in [0.29, 0.717) is 4.47 Å². The Kier molecular flexibility index (Phi) is 7.86. The number of carbonyl (C=O) groups excluding carboxylic acids is 1. The molecule has 0 aliphatic heterocycles. The highest BCUT2D eigenvalue weighted by Gasteiger charge is 2.41. The molecule has 0 aromatic carbocycles. The van der Waals surface area contributed by atoms with Crippen molar-refractivity contribution in [3.63, 3.8) is 0 Å². The molecule has 1 rings (SSSR count). The molecule has 0 aliphatic rings. The molecule has 1 N–H and O–H groups in total. The second kappa shape index (κ2) is 8.79. The van der Waals surface area contributed by atoms with E-state index in [1.165, 1.54) is 12.3 Å². The number of hydrogen-bond donors (Lipinski definition) is 1. The van der Waals surface area contributed by atoms with E-state index in [9.17, 15) is 13.7 Å². The van der Waals surface area contributed by atoms with Gasteiger partial charge in [0.15, 0.2) is 0 Å². The van der Waals surface area contributed by atoms with Crippen molar-refractivity contribution >= 4 is 33.3 Å². The Hall–Kier alpha value is -0.700. The Morgan fingerprint density at radius 1 is 1.44 bits per heavy atom. The van der Waals surface area contributed by atoms with Gasteiger partial charge in [-0.1, -0.05) is 13.8 Å². The molecule has 142 valence electrons. The van der Waals surface area contributed by atoms with E-state index in [1.54, 1.807) is 27.7 Å². The molecule has 0 saturated heterocycles. The van der Waals surface area contributed by atoms with Crippen LogP contribution < -0.4 is 4.72 Å². The lowest BCUT2D eigenvalue weighted by atomic mass is 9.91. The molecule has 8 heteroatoms. The lowest BCUT2D eigenvalue weighted by Gasteiger charge is -2.34. The number of hydrogen-bond acceptors (Lipinski definition) is 5. The van der Waals surface area contributed by atoms with E-state index in [4.69, 9.17) is 4.74 Å². The van der Waals surface area contributed by atoms with Crippen LogP contribution in [0.4, 0.5) is 4.39 Å². The van der Waals surface area contributed by atoms with E-state index in [1.807, 2.05) is 13.8 Å². The molecule has 5 nitrogen and oxygen atoms in total. The molecule has 1 aromatic rings. The van der Waals surface area contributed by atoms with Gasteiger partial charge in [-0.2, -0.15) is 4.39 Å². The van der Waals surface area contributed by atoms with Gasteiger partial charge in [-0.3, -0.25) is 4.79 Å². The van der Waals surface area contributed by atoms with Gasteiger partial charge in [0.05, 0.1) is 13.0 Å². The maximum Gasteiger partial charge on any atom is 0.308 e. The summed E-state index contributed by atoms with van der Waals surface area (Å²) in [7, 11) is 0. The third-order valence-electron chi connectivity index (χ3n) is 3.35. The minimum absolute atomic E-state index is 0.154. The first-order valence-electron chi connectivity index (χ1n) is 8.02. The minimum Gasteiger partial charge on any atom is -0.598 e. The molecule has 1 heterocycles. The second-order valence-electron chi connectivity index (χ2n) is 7.56. The van der Waals surface area contributed by atoms with Gasteiger partial charge in [0.1, 0.15) is 10.3 Å². The highest BCUT2D eigenvalue weighted by molar-refractivity contribution is 9.10. The van der Waals surface area contributed by atoms with Crippen LogP contribution in [-0.2, 0) is 26.4 Å². The molecule has 1 unspecified atom stereocenters. The topological polar surface area (TPSA) is 74.3 Å². The smallest absolute Gasteiger partial charge is 0.308 e. The Morgan fingerprint density at radius 3 is 2.56 bits per heavy atom. The number of carbonyl (C=O) groups is 1. The summed E-state index contributed by atoms with van der Waals surface area (Å²) in [6, 6.07) is 1.53. The van der Waals surface area contributed by atoms with Crippen LogP contribution in [0.2, 0.25) is 0 Å². The lowest BCUT2D eigenvalue weighted by molar-refractivity contribution is -0.146. The molecule has 0 saturated carbocycles. The van der Waals surface area contributed by atoms with E-state index in [0.717, 1.165) is 0 Å². The molecule has 0 radical (unpaired) electrons. The van der Waals surface area contributed by atoms with Gasteiger partial charge >= 0.3 is 5.97 Å². The van der Waals surface area contributed by atoms with Crippen molar-refractivity contribution in [2.45, 2.75) is 58.2 Å². The number of rotatable bonds is 7. The SMILES string of the molecule is CC(C)COC(=O)C[C@](C)(N[S+]([O-])C(C)(C)C)c1cc(Br)cnc1F. The van der Waals surface area contributed by atoms with Gasteiger partial charge in [-0.15, -0.1) is 4.72 Å². The quantitative estimate of drug-likeness (QED) is 0.399. The van der Waals surface area contributed by atoms with Gasteiger partial charge < -0.3 is 9.29 Å². The molecular weight excluding hydrogens is 411 g/mol. The van der Waals surface area contributed by atoms with Crippen molar-refractivity contribution in [3.8, 4) is 0 Å². The maximum absolute atomic E-state index is 14.4. The number of nitrogens with one attached hydrogen (secondary N) is 1. The zero-order valence-corrected chi connectivity index (χ0v) is 17.9. The molecule has 0 amide bonds. The Bertz CT molecular complexity index is 610. The van der Waals surface area contributed by atoms with E-state index >= 15 is 0 Å². The predicted octanol–water partition coefficient (Wildman–Crippen LogP) is 3.84. The fraction of sp³-hybridized carbons (Fsp3) is 0.647. The van der Waals surface area contributed by atoms with Crippen molar-refractivity contribution < 1.29 is 18.5 Å². The van der Waals surface area contributed by atoms with Crippen LogP contribution in [0.25, 0.3) is 0 Å². The zero-order valence-electron chi connectivity index (χ0n) is 15.5. The van der Waals surface area contributed by atoms with E-state index < -0.39 is 33.6 Å². The maximum atomic E-state index is 14.4. The third kappa shape index (κ3) is 6.84. The van der Waals surface area contributed by atoms with Crippen LogP contribution in [0, 0.1) is 11.9 Å². The van der Waals surface area contributed by atoms with Crippen molar-refractivity contribution in [2.24, 2.45) is 5.92 Å².